The first-order chi connectivity index (χ1) is 11.6. The molecule has 3 N–H and O–H groups in total. The third kappa shape index (κ3) is 4.84. The van der Waals surface area contributed by atoms with Gasteiger partial charge in [-0.2, -0.15) is 5.10 Å². The van der Waals surface area contributed by atoms with Gasteiger partial charge in [-0.25, -0.2) is 5.43 Å². The Morgan fingerprint density at radius 3 is 2.62 bits per heavy atom. The summed E-state index contributed by atoms with van der Waals surface area (Å²) in [5.74, 6) is -1.36. The van der Waals surface area contributed by atoms with Crippen LogP contribution in [0.25, 0.3) is 0 Å². The summed E-state index contributed by atoms with van der Waals surface area (Å²) in [5.41, 5.74) is 3.61. The molecule has 24 heavy (non-hydrogen) atoms. The molecule has 124 valence electrons. The zero-order valence-electron chi connectivity index (χ0n) is 13.0. The van der Waals surface area contributed by atoms with Crippen molar-refractivity contribution in [2.24, 2.45) is 5.10 Å². The first kappa shape index (κ1) is 17.0. The molecule has 7 nitrogen and oxygen atoms in total. The molecular weight excluding hydrogens is 310 g/mol. The van der Waals surface area contributed by atoms with Crippen LogP contribution in [0.4, 0.5) is 0 Å². The van der Waals surface area contributed by atoms with E-state index < -0.39 is 11.8 Å². The Kier molecular flexibility index (Phi) is 5.90. The Hall–Kier alpha value is -3.35. The molecule has 0 aromatic heterocycles. The summed E-state index contributed by atoms with van der Waals surface area (Å²) in [4.78, 5) is 23.3. The van der Waals surface area contributed by atoms with E-state index in [0.717, 1.165) is 5.56 Å². The number of carbonyl (C=O) groups is 2. The van der Waals surface area contributed by atoms with Crippen LogP contribution in [0.2, 0.25) is 0 Å². The van der Waals surface area contributed by atoms with Gasteiger partial charge in [0.25, 0.3) is 0 Å². The number of ether oxygens (including phenoxy) is 1. The number of phenolic OH excluding ortho intramolecular Hbond substituents is 1. The molecule has 0 heterocycles. The predicted molar refractivity (Wildman–Crippen MR) is 88.7 cm³/mol. The summed E-state index contributed by atoms with van der Waals surface area (Å²) in [6.07, 6.45) is 1.34. The number of methoxy groups -OCH3 is 1. The van der Waals surface area contributed by atoms with Crippen LogP contribution in [-0.4, -0.2) is 30.2 Å². The van der Waals surface area contributed by atoms with Gasteiger partial charge >= 0.3 is 11.8 Å². The Morgan fingerprint density at radius 1 is 1.17 bits per heavy atom. The number of benzene rings is 2. The van der Waals surface area contributed by atoms with Gasteiger partial charge in [-0.15, -0.1) is 0 Å². The maximum absolute atomic E-state index is 11.7. The highest BCUT2D eigenvalue weighted by atomic mass is 16.5. The lowest BCUT2D eigenvalue weighted by Crippen LogP contribution is -2.37. The quantitative estimate of drug-likeness (QED) is 0.436. The first-order valence-corrected chi connectivity index (χ1v) is 7.12. The van der Waals surface area contributed by atoms with Crippen LogP contribution < -0.4 is 15.5 Å². The minimum atomic E-state index is -0.868. The highest BCUT2D eigenvalue weighted by molar-refractivity contribution is 6.35. The van der Waals surface area contributed by atoms with Crippen LogP contribution >= 0.6 is 0 Å². The SMILES string of the molecule is COc1cc(C=NNC(=O)C(=O)NCc2ccccc2)ccc1O. The lowest BCUT2D eigenvalue weighted by Gasteiger charge is -2.04. The van der Waals surface area contributed by atoms with E-state index in [0.29, 0.717) is 5.56 Å². The standard InChI is InChI=1S/C17H17N3O4/c1-24-15-9-13(7-8-14(15)21)11-19-20-17(23)16(22)18-10-12-5-3-2-4-6-12/h2-9,11,21H,10H2,1H3,(H,18,22)(H,20,23). The van der Waals surface area contributed by atoms with E-state index >= 15 is 0 Å². The van der Waals surface area contributed by atoms with Crippen molar-refractivity contribution in [2.75, 3.05) is 7.11 Å². The molecule has 0 aliphatic carbocycles. The van der Waals surface area contributed by atoms with E-state index in [9.17, 15) is 14.7 Å². The van der Waals surface area contributed by atoms with E-state index in [-0.39, 0.29) is 18.0 Å². The molecule has 0 bridgehead atoms. The summed E-state index contributed by atoms with van der Waals surface area (Å²) >= 11 is 0. The molecule has 0 spiro atoms. The largest absolute Gasteiger partial charge is 0.504 e. The molecule has 2 rings (SSSR count). The molecule has 0 saturated heterocycles. The molecule has 2 aromatic carbocycles. The minimum Gasteiger partial charge on any atom is -0.504 e. The third-order valence-corrected chi connectivity index (χ3v) is 3.09. The van der Waals surface area contributed by atoms with Crippen molar-refractivity contribution in [1.29, 1.82) is 0 Å². The van der Waals surface area contributed by atoms with Gasteiger partial charge in [0.15, 0.2) is 11.5 Å². The minimum absolute atomic E-state index is 0.000949. The number of hydrogen-bond donors (Lipinski definition) is 3. The average molecular weight is 327 g/mol. The van der Waals surface area contributed by atoms with Crippen molar-refractivity contribution in [2.45, 2.75) is 6.54 Å². The van der Waals surface area contributed by atoms with E-state index in [2.05, 4.69) is 15.8 Å². The van der Waals surface area contributed by atoms with E-state index in [4.69, 9.17) is 4.74 Å². The normalized spacial score (nSPS) is 10.4. The molecule has 0 aliphatic rings. The monoisotopic (exact) mass is 327 g/mol. The fourth-order valence-electron chi connectivity index (χ4n) is 1.85. The smallest absolute Gasteiger partial charge is 0.329 e. The molecule has 0 saturated carbocycles. The number of nitrogens with one attached hydrogen (secondary N) is 2. The van der Waals surface area contributed by atoms with Crippen LogP contribution in [0.3, 0.4) is 0 Å². The molecule has 0 atom stereocenters. The number of carbonyl (C=O) groups excluding carboxylic acids is 2. The second kappa shape index (κ2) is 8.33. The lowest BCUT2D eigenvalue weighted by atomic mass is 10.2. The molecule has 2 amide bonds. The Morgan fingerprint density at radius 2 is 1.92 bits per heavy atom. The molecule has 2 aromatic rings. The Bertz CT molecular complexity index is 745. The second-order valence-electron chi connectivity index (χ2n) is 4.80. The first-order valence-electron chi connectivity index (χ1n) is 7.12. The average Bonchev–Trinajstić information content (AvgIpc) is 2.61. The molecule has 0 radical (unpaired) electrons. The molecule has 7 heteroatoms. The van der Waals surface area contributed by atoms with Crippen molar-refractivity contribution in [3.05, 3.63) is 59.7 Å². The fraction of sp³-hybridized carbons (Fsp3) is 0.118. The highest BCUT2D eigenvalue weighted by Gasteiger charge is 2.11. The lowest BCUT2D eigenvalue weighted by molar-refractivity contribution is -0.139. The number of rotatable bonds is 5. The fourth-order valence-corrected chi connectivity index (χ4v) is 1.85. The number of aromatic hydroxyl groups is 1. The van der Waals surface area contributed by atoms with Crippen molar-refractivity contribution in [3.63, 3.8) is 0 Å². The van der Waals surface area contributed by atoms with Gasteiger partial charge < -0.3 is 15.2 Å². The van der Waals surface area contributed by atoms with Crippen LogP contribution in [-0.2, 0) is 16.1 Å². The Labute approximate surface area is 139 Å². The van der Waals surface area contributed by atoms with Crippen molar-refractivity contribution in [1.82, 2.24) is 10.7 Å². The topological polar surface area (TPSA) is 100 Å². The van der Waals surface area contributed by atoms with Crippen molar-refractivity contribution < 1.29 is 19.4 Å². The molecular formula is C17H17N3O4. The van der Waals surface area contributed by atoms with Gasteiger partial charge in [0, 0.05) is 6.54 Å². The van der Waals surface area contributed by atoms with E-state index in [1.165, 1.54) is 19.4 Å². The van der Waals surface area contributed by atoms with Crippen LogP contribution in [0, 0.1) is 0 Å². The number of amides is 2. The summed E-state index contributed by atoms with van der Waals surface area (Å²) in [6.45, 7) is 0.256. The Balaban J connectivity index is 1.84. The van der Waals surface area contributed by atoms with Gasteiger partial charge in [-0.1, -0.05) is 30.3 Å². The molecule has 0 unspecified atom stereocenters. The van der Waals surface area contributed by atoms with E-state index in [1.807, 2.05) is 30.3 Å². The van der Waals surface area contributed by atoms with Crippen LogP contribution in [0.15, 0.2) is 53.6 Å². The number of hydrogen-bond acceptors (Lipinski definition) is 5. The van der Waals surface area contributed by atoms with Gasteiger partial charge in [-0.05, 0) is 29.3 Å². The van der Waals surface area contributed by atoms with Crippen LogP contribution in [0.5, 0.6) is 11.5 Å². The van der Waals surface area contributed by atoms with E-state index in [1.54, 1.807) is 12.1 Å². The van der Waals surface area contributed by atoms with Gasteiger partial charge in [0.05, 0.1) is 13.3 Å². The van der Waals surface area contributed by atoms with Crippen LogP contribution in [0.1, 0.15) is 11.1 Å². The van der Waals surface area contributed by atoms with Crippen molar-refractivity contribution in [3.8, 4) is 11.5 Å². The summed E-state index contributed by atoms with van der Waals surface area (Å²) < 4.78 is 4.96. The van der Waals surface area contributed by atoms with Gasteiger partial charge in [-0.3, -0.25) is 9.59 Å². The number of nitrogens with zero attached hydrogens (tertiary/aromatic N) is 1. The predicted octanol–water partition coefficient (Wildman–Crippen LogP) is 1.17. The third-order valence-electron chi connectivity index (χ3n) is 3.09. The summed E-state index contributed by atoms with van der Waals surface area (Å²) in [5, 5.41) is 15.7. The van der Waals surface area contributed by atoms with Crippen molar-refractivity contribution >= 4 is 18.0 Å². The zero-order valence-corrected chi connectivity index (χ0v) is 13.0. The summed E-state index contributed by atoms with van der Waals surface area (Å²) in [7, 11) is 1.43. The van der Waals surface area contributed by atoms with Gasteiger partial charge in [0.1, 0.15) is 0 Å². The second-order valence-corrected chi connectivity index (χ2v) is 4.80. The zero-order chi connectivity index (χ0) is 17.4. The maximum atomic E-state index is 11.7. The number of hydrazone groups is 1. The summed E-state index contributed by atoms with van der Waals surface area (Å²) in [6, 6.07) is 13.8. The molecule has 0 fully saturated rings. The number of phenols is 1. The highest BCUT2D eigenvalue weighted by Crippen LogP contribution is 2.25. The molecule has 0 aliphatic heterocycles. The maximum Gasteiger partial charge on any atom is 0.329 e. The van der Waals surface area contributed by atoms with Gasteiger partial charge in [0.2, 0.25) is 0 Å².